The summed E-state index contributed by atoms with van der Waals surface area (Å²) in [5.41, 5.74) is 3.13. The number of amides is 1. The molecule has 0 fully saturated rings. The molecule has 0 aliphatic carbocycles. The van der Waals surface area contributed by atoms with Crippen molar-refractivity contribution in [1.82, 2.24) is 9.58 Å². The van der Waals surface area contributed by atoms with E-state index in [1.54, 1.807) is 6.08 Å². The number of nitrogens with one attached hydrogen (secondary N) is 1. The van der Waals surface area contributed by atoms with E-state index >= 15 is 0 Å². The van der Waals surface area contributed by atoms with Gasteiger partial charge in [-0.3, -0.25) is 10.2 Å². The molecule has 40 heavy (non-hydrogen) atoms. The van der Waals surface area contributed by atoms with Gasteiger partial charge in [-0.2, -0.15) is 15.1 Å². The molecule has 6 rings (SSSR count). The molecule has 3 aromatic carbocycles. The van der Waals surface area contributed by atoms with Gasteiger partial charge in [-0.05, 0) is 61.0 Å². The molecule has 8 nitrogen and oxygen atoms in total. The van der Waals surface area contributed by atoms with Gasteiger partial charge in [0.25, 0.3) is 5.91 Å². The first kappa shape index (κ1) is 25.6. The summed E-state index contributed by atoms with van der Waals surface area (Å²) < 4.78 is 13.9. The zero-order valence-electron chi connectivity index (χ0n) is 21.9. The van der Waals surface area contributed by atoms with E-state index in [4.69, 9.17) is 14.9 Å². The lowest BCUT2D eigenvalue weighted by atomic mass is 10.1. The number of benzene rings is 3. The topological polar surface area (TPSA) is 92.3 Å². The van der Waals surface area contributed by atoms with Gasteiger partial charge in [0.15, 0.2) is 5.84 Å². The number of aliphatic imine (C=N–C) groups is 1. The van der Waals surface area contributed by atoms with Gasteiger partial charge in [0.2, 0.25) is 5.17 Å². The van der Waals surface area contributed by atoms with Gasteiger partial charge in [0, 0.05) is 29.2 Å². The van der Waals surface area contributed by atoms with E-state index in [9.17, 15) is 4.79 Å². The first-order valence-electron chi connectivity index (χ1n) is 13.0. The monoisotopic (exact) mass is 549 g/mol. The Morgan fingerprint density at radius 1 is 0.975 bits per heavy atom. The summed E-state index contributed by atoms with van der Waals surface area (Å²) in [7, 11) is 0. The normalized spacial score (nSPS) is 15.8. The third kappa shape index (κ3) is 5.28. The van der Waals surface area contributed by atoms with Crippen molar-refractivity contribution in [3.63, 3.8) is 0 Å². The second-order valence-electron chi connectivity index (χ2n) is 9.38. The van der Waals surface area contributed by atoms with Gasteiger partial charge in [0.05, 0.1) is 12.2 Å². The van der Waals surface area contributed by atoms with Crippen LogP contribution in [-0.2, 0) is 11.3 Å². The van der Waals surface area contributed by atoms with Crippen LogP contribution < -0.4 is 9.47 Å². The largest absolute Gasteiger partial charge is 0.494 e. The Morgan fingerprint density at radius 2 is 1.75 bits per heavy atom. The van der Waals surface area contributed by atoms with Crippen LogP contribution in [-0.4, -0.2) is 44.7 Å². The number of carbonyl (C=O) groups is 1. The molecule has 4 aromatic rings. The van der Waals surface area contributed by atoms with E-state index < -0.39 is 5.91 Å². The molecule has 0 saturated carbocycles. The van der Waals surface area contributed by atoms with Crippen LogP contribution in [0.1, 0.15) is 17.5 Å². The molecular weight excluding hydrogens is 522 g/mol. The second kappa shape index (κ2) is 11.2. The van der Waals surface area contributed by atoms with Crippen molar-refractivity contribution >= 4 is 50.7 Å². The summed E-state index contributed by atoms with van der Waals surface area (Å²) in [6, 6.07) is 25.6. The van der Waals surface area contributed by atoms with E-state index in [1.807, 2.05) is 85.9 Å². The average Bonchev–Trinajstić information content (AvgIpc) is 3.54. The number of nitrogens with zero attached hydrogens (tertiary/aromatic N) is 4. The number of hydrogen-bond donors (Lipinski definition) is 1. The predicted octanol–water partition coefficient (Wildman–Crippen LogP) is 6.12. The Bertz CT molecular complexity index is 1690. The highest BCUT2D eigenvalue weighted by atomic mass is 32.2. The number of amidine groups is 2. The molecule has 1 amide bonds. The fraction of sp³-hybridized carbons (Fsp3) is 0.161. The molecule has 200 valence electrons. The van der Waals surface area contributed by atoms with Crippen molar-refractivity contribution in [2.75, 3.05) is 13.2 Å². The van der Waals surface area contributed by atoms with Crippen LogP contribution in [0.4, 0.5) is 0 Å². The minimum absolute atomic E-state index is 0.00137. The molecule has 1 N–H and O–H groups in total. The smallest absolute Gasteiger partial charge is 0.283 e. The molecule has 2 aliphatic heterocycles. The lowest BCUT2D eigenvalue weighted by Gasteiger charge is -2.20. The van der Waals surface area contributed by atoms with E-state index in [0.717, 1.165) is 46.5 Å². The molecule has 3 heterocycles. The lowest BCUT2D eigenvalue weighted by Crippen LogP contribution is -2.35. The standard InChI is InChI=1S/C31H27N5O3S/c1-21-10-5-8-15-27(21)39-20-28-34-36-29(32)25(30(37)33-31(36)40-28)18-22-19-35(26-14-7-6-13-24(22)26)16-9-17-38-23-11-3-2-4-12-23/h2-8,10-15,18-19,32H,9,16-17,20H2,1H3/b25-18-,32-29?. The maximum Gasteiger partial charge on any atom is 0.283 e. The highest BCUT2D eigenvalue weighted by molar-refractivity contribution is 8.27. The minimum atomic E-state index is -0.451. The summed E-state index contributed by atoms with van der Waals surface area (Å²) in [5, 5.41) is 16.7. The third-order valence-electron chi connectivity index (χ3n) is 6.62. The molecule has 0 bridgehead atoms. The van der Waals surface area contributed by atoms with Crippen LogP contribution in [0.15, 0.2) is 101 Å². The maximum absolute atomic E-state index is 13.0. The summed E-state index contributed by atoms with van der Waals surface area (Å²) in [6.07, 6.45) is 4.58. The van der Waals surface area contributed by atoms with Crippen molar-refractivity contribution < 1.29 is 14.3 Å². The quantitative estimate of drug-likeness (QED) is 0.201. The Morgan fingerprint density at radius 3 is 2.60 bits per heavy atom. The third-order valence-corrected chi connectivity index (χ3v) is 7.50. The number of fused-ring (bicyclic) bond motifs is 2. The van der Waals surface area contributed by atoms with E-state index in [1.165, 1.54) is 16.8 Å². The van der Waals surface area contributed by atoms with Gasteiger partial charge in [-0.25, -0.2) is 0 Å². The van der Waals surface area contributed by atoms with Crippen molar-refractivity contribution in [2.24, 2.45) is 10.1 Å². The zero-order valence-corrected chi connectivity index (χ0v) is 22.7. The summed E-state index contributed by atoms with van der Waals surface area (Å²) in [5.74, 6) is 1.18. The molecule has 0 atom stereocenters. The first-order valence-corrected chi connectivity index (χ1v) is 13.8. The summed E-state index contributed by atoms with van der Waals surface area (Å²) >= 11 is 1.25. The Kier molecular flexibility index (Phi) is 7.20. The molecule has 0 spiro atoms. The van der Waals surface area contributed by atoms with Crippen LogP contribution in [0.25, 0.3) is 17.0 Å². The van der Waals surface area contributed by atoms with Crippen molar-refractivity contribution in [2.45, 2.75) is 19.9 Å². The van der Waals surface area contributed by atoms with Crippen molar-refractivity contribution in [3.8, 4) is 11.5 Å². The number of ether oxygens (including phenoxy) is 2. The number of para-hydroxylation sites is 3. The number of carbonyl (C=O) groups excluding carboxylic acids is 1. The highest BCUT2D eigenvalue weighted by Crippen LogP contribution is 2.31. The van der Waals surface area contributed by atoms with E-state index in [2.05, 4.69) is 20.7 Å². The maximum atomic E-state index is 13.0. The minimum Gasteiger partial charge on any atom is -0.494 e. The second-order valence-corrected chi connectivity index (χ2v) is 10.4. The van der Waals surface area contributed by atoms with Crippen LogP contribution >= 0.6 is 11.8 Å². The molecule has 0 radical (unpaired) electrons. The zero-order chi connectivity index (χ0) is 27.5. The van der Waals surface area contributed by atoms with Crippen LogP contribution in [0.3, 0.4) is 0 Å². The number of rotatable bonds is 9. The number of hydrazone groups is 1. The van der Waals surface area contributed by atoms with Gasteiger partial charge in [-0.1, -0.05) is 54.6 Å². The van der Waals surface area contributed by atoms with Gasteiger partial charge >= 0.3 is 0 Å². The van der Waals surface area contributed by atoms with Crippen molar-refractivity contribution in [1.29, 1.82) is 5.41 Å². The van der Waals surface area contributed by atoms with Gasteiger partial charge in [0.1, 0.15) is 23.1 Å². The average molecular weight is 550 g/mol. The number of hydrogen-bond acceptors (Lipinski definition) is 6. The fourth-order valence-corrected chi connectivity index (χ4v) is 5.42. The molecule has 9 heteroatoms. The number of thioether (sulfide) groups is 1. The van der Waals surface area contributed by atoms with Crippen LogP contribution in [0.2, 0.25) is 0 Å². The van der Waals surface area contributed by atoms with Gasteiger partial charge < -0.3 is 14.0 Å². The number of aromatic nitrogens is 1. The molecule has 0 saturated heterocycles. The lowest BCUT2D eigenvalue weighted by molar-refractivity contribution is -0.114. The Hall–Kier alpha value is -4.63. The SMILES string of the molecule is Cc1ccccc1OCC1=NN2C(=N)/C(=C/c3cn(CCCOc4ccccc4)c4ccccc34)C(=O)N=C2S1. The molecule has 2 aliphatic rings. The van der Waals surface area contributed by atoms with Gasteiger partial charge in [-0.15, -0.1) is 0 Å². The highest BCUT2D eigenvalue weighted by Gasteiger charge is 2.36. The van der Waals surface area contributed by atoms with Crippen LogP contribution in [0.5, 0.6) is 11.5 Å². The molecule has 0 unspecified atom stereocenters. The van der Waals surface area contributed by atoms with Crippen molar-refractivity contribution in [3.05, 3.63) is 102 Å². The summed E-state index contributed by atoms with van der Waals surface area (Å²) in [4.78, 5) is 17.3. The summed E-state index contributed by atoms with van der Waals surface area (Å²) in [6.45, 7) is 3.55. The van der Waals surface area contributed by atoms with Crippen LogP contribution in [0, 0.1) is 12.3 Å². The predicted molar refractivity (Wildman–Crippen MR) is 160 cm³/mol. The van der Waals surface area contributed by atoms with E-state index in [-0.39, 0.29) is 18.0 Å². The Balaban J connectivity index is 1.19. The number of aryl methyl sites for hydroxylation is 2. The molecule has 1 aromatic heterocycles. The first-order chi connectivity index (χ1) is 19.6. The fourth-order valence-electron chi connectivity index (χ4n) is 4.62. The Labute approximate surface area is 236 Å². The molecular formula is C31H27N5O3S. The van der Waals surface area contributed by atoms with E-state index in [0.29, 0.717) is 16.8 Å².